The lowest BCUT2D eigenvalue weighted by molar-refractivity contribution is -0.384. The Morgan fingerprint density at radius 2 is 1.96 bits per heavy atom. The number of aliphatic hydroxyl groups excluding tert-OH is 1. The fourth-order valence-corrected chi connectivity index (χ4v) is 3.58. The van der Waals surface area contributed by atoms with Crippen LogP contribution in [0.1, 0.15) is 11.1 Å². The predicted molar refractivity (Wildman–Crippen MR) is 104 cm³/mol. The van der Waals surface area contributed by atoms with Gasteiger partial charge in [-0.1, -0.05) is 41.6 Å². The van der Waals surface area contributed by atoms with E-state index in [2.05, 4.69) is 33.4 Å². The van der Waals surface area contributed by atoms with Crippen molar-refractivity contribution >= 4 is 5.69 Å². The number of β-amino-alcohol motifs (C(OH)–C–C–N with tert-alkyl or cyclic N) is 1. The van der Waals surface area contributed by atoms with Crippen molar-refractivity contribution in [2.75, 3.05) is 13.1 Å². The fourth-order valence-electron chi connectivity index (χ4n) is 3.58. The van der Waals surface area contributed by atoms with Gasteiger partial charge in [0.1, 0.15) is 5.69 Å². The molecule has 0 radical (unpaired) electrons. The molecule has 0 fully saturated rings. The fraction of sp³-hybridized carbons (Fsp3) is 0.300. The zero-order chi connectivity index (χ0) is 19.5. The standard InChI is InChI=1S/C20H21N5O3/c26-19(12-23-9-8-15-4-1-2-5-17(15)11-23)13-24-14-20(21-22-24)16-6-3-7-18(10-16)25(27)28/h1-7,10,14,19,26H,8-9,11-13H2. The number of rotatable bonds is 6. The maximum atomic E-state index is 10.9. The largest absolute Gasteiger partial charge is 0.390 e. The molecule has 3 aromatic rings. The molecular formula is C20H21N5O3. The van der Waals surface area contributed by atoms with Gasteiger partial charge in [-0.25, -0.2) is 4.68 Å². The van der Waals surface area contributed by atoms with Crippen LogP contribution < -0.4 is 0 Å². The lowest BCUT2D eigenvalue weighted by Gasteiger charge is -2.30. The van der Waals surface area contributed by atoms with Crippen LogP contribution >= 0.6 is 0 Å². The predicted octanol–water partition coefficient (Wildman–Crippen LogP) is 2.27. The van der Waals surface area contributed by atoms with Crippen LogP contribution in [0.4, 0.5) is 5.69 Å². The van der Waals surface area contributed by atoms with E-state index in [1.54, 1.807) is 23.0 Å². The molecule has 4 rings (SSSR count). The van der Waals surface area contributed by atoms with Crippen LogP contribution in [0.5, 0.6) is 0 Å². The van der Waals surface area contributed by atoms with E-state index in [0.29, 0.717) is 24.3 Å². The number of non-ortho nitro benzene ring substituents is 1. The second-order valence-electron chi connectivity index (χ2n) is 7.04. The van der Waals surface area contributed by atoms with Crippen LogP contribution in [0.3, 0.4) is 0 Å². The molecule has 2 aromatic carbocycles. The molecular weight excluding hydrogens is 358 g/mol. The number of hydrogen-bond donors (Lipinski definition) is 1. The molecule has 8 nitrogen and oxygen atoms in total. The van der Waals surface area contributed by atoms with E-state index in [4.69, 9.17) is 0 Å². The van der Waals surface area contributed by atoms with Crippen LogP contribution in [-0.2, 0) is 19.5 Å². The van der Waals surface area contributed by atoms with Crippen molar-refractivity contribution in [3.8, 4) is 11.3 Å². The molecule has 0 saturated heterocycles. The molecule has 1 atom stereocenters. The van der Waals surface area contributed by atoms with Gasteiger partial charge >= 0.3 is 0 Å². The molecule has 2 heterocycles. The maximum absolute atomic E-state index is 10.9. The Hall–Kier alpha value is -3.10. The summed E-state index contributed by atoms with van der Waals surface area (Å²) in [7, 11) is 0. The van der Waals surface area contributed by atoms with E-state index < -0.39 is 11.0 Å². The molecule has 0 bridgehead atoms. The van der Waals surface area contributed by atoms with E-state index in [9.17, 15) is 15.2 Å². The molecule has 144 valence electrons. The Morgan fingerprint density at radius 1 is 1.14 bits per heavy atom. The third kappa shape index (κ3) is 4.08. The minimum absolute atomic E-state index is 0.0115. The summed E-state index contributed by atoms with van der Waals surface area (Å²) in [5.41, 5.74) is 3.88. The molecule has 0 amide bonds. The Morgan fingerprint density at radius 3 is 2.79 bits per heavy atom. The van der Waals surface area contributed by atoms with Crippen LogP contribution in [0.2, 0.25) is 0 Å². The van der Waals surface area contributed by atoms with Gasteiger partial charge in [0, 0.05) is 37.3 Å². The van der Waals surface area contributed by atoms with Crippen molar-refractivity contribution in [2.24, 2.45) is 0 Å². The monoisotopic (exact) mass is 379 g/mol. The molecule has 0 spiro atoms. The van der Waals surface area contributed by atoms with E-state index in [-0.39, 0.29) is 5.69 Å². The molecule has 0 saturated carbocycles. The molecule has 1 aliphatic heterocycles. The van der Waals surface area contributed by atoms with Crippen molar-refractivity contribution in [1.82, 2.24) is 19.9 Å². The van der Waals surface area contributed by atoms with Crippen LogP contribution in [0.15, 0.2) is 54.7 Å². The van der Waals surface area contributed by atoms with Gasteiger partial charge in [-0.2, -0.15) is 0 Å². The van der Waals surface area contributed by atoms with Gasteiger partial charge in [0.25, 0.3) is 5.69 Å². The zero-order valence-electron chi connectivity index (χ0n) is 15.3. The van der Waals surface area contributed by atoms with E-state index >= 15 is 0 Å². The summed E-state index contributed by atoms with van der Waals surface area (Å²) in [6, 6.07) is 14.7. The summed E-state index contributed by atoms with van der Waals surface area (Å²) >= 11 is 0. The normalized spacial score (nSPS) is 15.2. The molecule has 8 heteroatoms. The van der Waals surface area contributed by atoms with Crippen molar-refractivity contribution in [2.45, 2.75) is 25.6 Å². The smallest absolute Gasteiger partial charge is 0.270 e. The highest BCUT2D eigenvalue weighted by molar-refractivity contribution is 5.61. The average Bonchev–Trinajstić information content (AvgIpc) is 3.16. The summed E-state index contributed by atoms with van der Waals surface area (Å²) < 4.78 is 1.58. The van der Waals surface area contributed by atoms with Crippen LogP contribution in [-0.4, -0.2) is 49.1 Å². The molecule has 0 aliphatic carbocycles. The lowest BCUT2D eigenvalue weighted by atomic mass is 10.00. The van der Waals surface area contributed by atoms with Crippen molar-refractivity contribution < 1.29 is 10.0 Å². The third-order valence-electron chi connectivity index (χ3n) is 4.97. The number of aromatic nitrogens is 3. The number of aliphatic hydroxyl groups is 1. The van der Waals surface area contributed by atoms with E-state index in [1.807, 2.05) is 6.07 Å². The first-order valence-corrected chi connectivity index (χ1v) is 9.20. The maximum Gasteiger partial charge on any atom is 0.270 e. The number of nitro groups is 1. The molecule has 1 aromatic heterocycles. The summed E-state index contributed by atoms with van der Waals surface area (Å²) in [5.74, 6) is 0. The summed E-state index contributed by atoms with van der Waals surface area (Å²) in [6.07, 6.45) is 2.11. The number of fused-ring (bicyclic) bond motifs is 1. The lowest BCUT2D eigenvalue weighted by Crippen LogP contribution is -2.38. The van der Waals surface area contributed by atoms with E-state index in [0.717, 1.165) is 19.5 Å². The zero-order valence-corrected chi connectivity index (χ0v) is 15.3. The van der Waals surface area contributed by atoms with Crippen molar-refractivity contribution in [3.63, 3.8) is 0 Å². The van der Waals surface area contributed by atoms with Gasteiger partial charge in [0.15, 0.2) is 0 Å². The first kappa shape index (κ1) is 18.3. The van der Waals surface area contributed by atoms with Gasteiger partial charge < -0.3 is 5.11 Å². The Bertz CT molecular complexity index is 987. The number of nitro benzene ring substituents is 1. The Kier molecular flexibility index (Phi) is 5.14. The molecule has 1 aliphatic rings. The minimum atomic E-state index is -0.579. The van der Waals surface area contributed by atoms with Crippen molar-refractivity contribution in [3.05, 3.63) is 76.0 Å². The SMILES string of the molecule is O=[N+]([O-])c1cccc(-c2cn(CC(O)CN3CCc4ccccc4C3)nn2)c1. The van der Waals surface area contributed by atoms with Gasteiger partial charge in [0.05, 0.1) is 23.8 Å². The van der Waals surface area contributed by atoms with Gasteiger partial charge in [-0.3, -0.25) is 15.0 Å². The highest BCUT2D eigenvalue weighted by Gasteiger charge is 2.19. The summed E-state index contributed by atoms with van der Waals surface area (Å²) in [6.45, 7) is 2.63. The Balaban J connectivity index is 1.38. The molecule has 28 heavy (non-hydrogen) atoms. The molecule has 1 N–H and O–H groups in total. The van der Waals surface area contributed by atoms with Crippen LogP contribution in [0, 0.1) is 10.1 Å². The quantitative estimate of drug-likeness (QED) is 0.521. The summed E-state index contributed by atoms with van der Waals surface area (Å²) in [5, 5.41) is 29.5. The number of nitrogens with zero attached hydrogens (tertiary/aromatic N) is 5. The average molecular weight is 379 g/mol. The number of hydrogen-bond acceptors (Lipinski definition) is 6. The third-order valence-corrected chi connectivity index (χ3v) is 4.97. The van der Waals surface area contributed by atoms with Gasteiger partial charge in [-0.15, -0.1) is 5.10 Å². The first-order chi connectivity index (χ1) is 13.6. The molecule has 1 unspecified atom stereocenters. The first-order valence-electron chi connectivity index (χ1n) is 9.20. The second kappa shape index (κ2) is 7.87. The second-order valence-corrected chi connectivity index (χ2v) is 7.04. The number of benzene rings is 2. The van der Waals surface area contributed by atoms with Gasteiger partial charge in [0.2, 0.25) is 0 Å². The highest BCUT2D eigenvalue weighted by Crippen LogP contribution is 2.22. The highest BCUT2D eigenvalue weighted by atomic mass is 16.6. The van der Waals surface area contributed by atoms with Crippen LogP contribution in [0.25, 0.3) is 11.3 Å². The minimum Gasteiger partial charge on any atom is -0.390 e. The Labute approximate surface area is 162 Å². The van der Waals surface area contributed by atoms with Gasteiger partial charge in [-0.05, 0) is 17.5 Å². The summed E-state index contributed by atoms with van der Waals surface area (Å²) in [4.78, 5) is 12.7. The van der Waals surface area contributed by atoms with E-state index in [1.165, 1.54) is 23.3 Å². The topological polar surface area (TPSA) is 97.3 Å². The van der Waals surface area contributed by atoms with Crippen molar-refractivity contribution in [1.29, 1.82) is 0 Å².